The summed E-state index contributed by atoms with van der Waals surface area (Å²) in [5, 5.41) is 47.8. The molecule has 10 atom stereocenters. The van der Waals surface area contributed by atoms with Crippen LogP contribution in [0.4, 0.5) is 87.8 Å². The highest BCUT2D eigenvalue weighted by atomic mass is 19.4. The molecule has 0 spiro atoms. The highest BCUT2D eigenvalue weighted by molar-refractivity contribution is 5.78. The predicted molar refractivity (Wildman–Crippen MR) is 329 cm³/mol. The molecule has 0 radical (unpaired) electrons. The Balaban J connectivity index is 0.000000663. The first kappa shape index (κ1) is 99.6. The number of esters is 5. The summed E-state index contributed by atoms with van der Waals surface area (Å²) < 4.78 is 306. The van der Waals surface area contributed by atoms with Crippen molar-refractivity contribution in [1.29, 1.82) is 0 Å². The fraction of sp³-hybridized carbons (Fsp3) is 0.924. The van der Waals surface area contributed by atoms with Crippen LogP contribution in [0.2, 0.25) is 0 Å². The highest BCUT2D eigenvalue weighted by Crippen LogP contribution is 2.54. The molecule has 0 aromatic rings. The van der Waals surface area contributed by atoms with E-state index in [1.54, 1.807) is 69.2 Å². The first-order valence-electron chi connectivity index (χ1n) is 33.5. The summed E-state index contributed by atoms with van der Waals surface area (Å²) in [4.78, 5) is 59.9. The third kappa shape index (κ3) is 25.5. The molecule has 106 heavy (non-hydrogen) atoms. The Hall–Kier alpha value is -4.45. The van der Waals surface area contributed by atoms with Crippen LogP contribution in [-0.2, 0) is 71.3 Å². The number of halogens is 20. The highest BCUT2D eigenvalue weighted by Gasteiger charge is 2.72. The molecule has 5 rings (SSSR count). The molecule has 20 nitrogen and oxygen atoms in total. The van der Waals surface area contributed by atoms with Crippen LogP contribution in [-0.4, -0.2) is 181 Å². The second-order valence-corrected chi connectivity index (χ2v) is 31.7. The molecular weight excluding hydrogens is 1490 g/mol. The van der Waals surface area contributed by atoms with Crippen molar-refractivity contribution < 1.29 is 185 Å². The quantitative estimate of drug-likeness (QED) is 0.0579. The van der Waals surface area contributed by atoms with E-state index in [1.807, 2.05) is 0 Å². The van der Waals surface area contributed by atoms with Gasteiger partial charge in [0.05, 0.1) is 84.6 Å². The van der Waals surface area contributed by atoms with Crippen molar-refractivity contribution in [1.82, 2.24) is 0 Å². The summed E-state index contributed by atoms with van der Waals surface area (Å²) in [7, 11) is 0. The van der Waals surface area contributed by atoms with E-state index in [0.717, 1.165) is 6.92 Å². The molecular formula is C66H102F20O20. The number of hydrogen-bond donors (Lipinski definition) is 5. The monoisotopic (exact) mass is 1590 g/mol. The number of carbonyl (C=O) groups is 5. The molecule has 10 unspecified atom stereocenters. The van der Waals surface area contributed by atoms with E-state index in [-0.39, 0.29) is 38.9 Å². The molecule has 5 N–H and O–H groups in total. The van der Waals surface area contributed by atoms with Crippen LogP contribution in [0.25, 0.3) is 0 Å². The van der Waals surface area contributed by atoms with Gasteiger partial charge < -0.3 is 68.2 Å². The van der Waals surface area contributed by atoms with Gasteiger partial charge in [0, 0.05) is 32.1 Å². The van der Waals surface area contributed by atoms with Gasteiger partial charge in [0.15, 0.2) is 0 Å². The molecule has 0 saturated carbocycles. The smallest absolute Gasteiger partial charge is 0.443 e. The van der Waals surface area contributed by atoms with Crippen molar-refractivity contribution >= 4 is 29.8 Å². The zero-order valence-electron chi connectivity index (χ0n) is 62.7. The molecule has 5 aliphatic heterocycles. The molecule has 5 fully saturated rings. The summed E-state index contributed by atoms with van der Waals surface area (Å²) in [6.07, 6.45) is -42.1. The fourth-order valence-electron chi connectivity index (χ4n) is 10.2. The molecule has 0 amide bonds. The Morgan fingerprint density at radius 2 is 0.651 bits per heavy atom. The molecule has 626 valence electrons. The third-order valence-corrected chi connectivity index (χ3v) is 19.1. The zero-order valence-corrected chi connectivity index (χ0v) is 62.7. The maximum atomic E-state index is 13.5. The van der Waals surface area contributed by atoms with Gasteiger partial charge in [-0.15, -0.1) is 0 Å². The maximum Gasteiger partial charge on any atom is 0.443 e. The van der Waals surface area contributed by atoms with Gasteiger partial charge in [0.1, 0.15) is 22.9 Å². The lowest BCUT2D eigenvalue weighted by Crippen LogP contribution is -2.63. The number of rotatable bonds is 15. The van der Waals surface area contributed by atoms with E-state index < -0.39 is 215 Å². The topological polar surface area (TPSA) is 279 Å². The average Bonchev–Trinajstić information content (AvgIpc) is 0.756. The number of aliphatic hydroxyl groups is 5. The van der Waals surface area contributed by atoms with E-state index >= 15 is 0 Å². The summed E-state index contributed by atoms with van der Waals surface area (Å²) >= 11 is 0. The number of alkyl halides is 20. The van der Waals surface area contributed by atoms with Gasteiger partial charge in [0.25, 0.3) is 28.9 Å². The summed E-state index contributed by atoms with van der Waals surface area (Å²) in [5.41, 5.74) is -14.5. The second kappa shape index (κ2) is 33.1. The van der Waals surface area contributed by atoms with E-state index in [2.05, 4.69) is 23.7 Å². The Bertz CT molecular complexity index is 2880. The van der Waals surface area contributed by atoms with Crippen molar-refractivity contribution in [2.24, 2.45) is 27.1 Å². The van der Waals surface area contributed by atoms with Gasteiger partial charge in [-0.3, -0.25) is 28.7 Å². The summed E-state index contributed by atoms with van der Waals surface area (Å²) in [5.74, 6) is -21.9. The van der Waals surface area contributed by atoms with Crippen LogP contribution in [0.1, 0.15) is 235 Å². The minimum absolute atomic E-state index is 0.0594. The predicted octanol–water partition coefficient (Wildman–Crippen LogP) is 15.5. The van der Waals surface area contributed by atoms with Crippen molar-refractivity contribution in [2.45, 2.75) is 341 Å². The van der Waals surface area contributed by atoms with Gasteiger partial charge in [-0.1, -0.05) is 34.6 Å². The van der Waals surface area contributed by atoms with E-state index in [1.165, 1.54) is 62.3 Å². The van der Waals surface area contributed by atoms with Crippen molar-refractivity contribution in [3.8, 4) is 0 Å². The lowest BCUT2D eigenvalue weighted by atomic mass is 9.80. The molecule has 5 aliphatic rings. The number of ether oxygens (including phenoxy) is 10. The van der Waals surface area contributed by atoms with Crippen molar-refractivity contribution in [2.75, 3.05) is 19.8 Å². The lowest BCUT2D eigenvalue weighted by molar-refractivity contribution is -0.468. The fourth-order valence-corrected chi connectivity index (χ4v) is 10.2. The van der Waals surface area contributed by atoms with Crippen LogP contribution in [0, 0.1) is 27.1 Å². The number of hydrogen-bond acceptors (Lipinski definition) is 20. The normalized spacial score (nSPS) is 31.3. The van der Waals surface area contributed by atoms with Crippen LogP contribution in [0.15, 0.2) is 0 Å². The van der Waals surface area contributed by atoms with Gasteiger partial charge in [-0.2, -0.15) is 87.8 Å². The zero-order chi connectivity index (χ0) is 84.3. The van der Waals surface area contributed by atoms with Crippen molar-refractivity contribution in [3.63, 3.8) is 0 Å². The minimum atomic E-state index is -5.46. The first-order valence-corrected chi connectivity index (χ1v) is 33.5. The van der Waals surface area contributed by atoms with E-state index in [0.29, 0.717) is 25.7 Å². The van der Waals surface area contributed by atoms with Crippen molar-refractivity contribution in [3.05, 3.63) is 0 Å². The van der Waals surface area contributed by atoms with Gasteiger partial charge in [-0.25, -0.2) is 0 Å². The van der Waals surface area contributed by atoms with E-state index in [4.69, 9.17) is 23.7 Å². The Labute approximate surface area is 601 Å². The van der Waals surface area contributed by atoms with E-state index in [9.17, 15) is 137 Å². The van der Waals surface area contributed by atoms with Crippen LogP contribution in [0.5, 0.6) is 0 Å². The molecule has 5 heterocycles. The summed E-state index contributed by atoms with van der Waals surface area (Å²) in [6.45, 7) is 29.0. The largest absolute Gasteiger partial charge is 0.462 e. The van der Waals surface area contributed by atoms with Gasteiger partial charge >= 0.3 is 73.0 Å². The molecule has 5 saturated heterocycles. The first-order chi connectivity index (χ1) is 46.6. The standard InChI is InChI=1S/C15H25F3O4.C13H18F6O4.C13H19F5O4.C13H21F3O4.C12H19F3O4/c1-7-11(2,3)10(19)21-13(6)8-12(4,5)22-14(20,9-13)15(16,17)18;1-4-9(2,3)8(20)23-10(12(14,15)16)5-6-22-11(21,7-10)13(17,18)19;1-5-9(2,3)8(19)21-10(4)6-11(20,13(16,17)18)22-12(14,15)7-10;1-5-10(2,3)9(17)20-11(4)6-7-19-12(18,8-11)13(14,15)16;1-4-10(2,3)9(16)19-8-5-6-18-11(17,7-8)12(13,14)15/h20H,7-9H2,1-6H3;21H,4-7H2,1-3H3;20H,5-7H2,1-4H3;18H,5-8H2,1-4H3;8,17H,4-7H2,1-3H3. The number of carbonyl (C=O) groups excluding carboxylic acids is 5. The van der Waals surface area contributed by atoms with Crippen LogP contribution in [0.3, 0.4) is 0 Å². The Morgan fingerprint density at radius 1 is 0.358 bits per heavy atom. The molecule has 0 bridgehead atoms. The SMILES string of the molecule is CCC(C)(C)C(=O)OC1(C(F)(F)F)CCOC(O)(C(F)(F)F)C1.CCC(C)(C)C(=O)OC1(C)CC(C)(C)OC(O)(C(F)(F)F)C1.CCC(C)(C)C(=O)OC1(C)CC(F)(F)OC(O)(C(F)(F)F)C1.CCC(C)(C)C(=O)OC1(C)CCOC(O)(C(F)(F)F)C1.CCC(C)(C)C(=O)OC1CCOC(O)(C(F)(F)F)C1. The minimum Gasteiger partial charge on any atom is -0.462 e. The average molecular weight is 1600 g/mol. The Kier molecular flexibility index (Phi) is 31.1. The maximum absolute atomic E-state index is 13.5. The summed E-state index contributed by atoms with van der Waals surface area (Å²) in [6, 6.07) is 0. The van der Waals surface area contributed by atoms with Gasteiger partial charge in [-0.05, 0) is 136 Å². The van der Waals surface area contributed by atoms with Crippen LogP contribution >= 0.6 is 0 Å². The lowest BCUT2D eigenvalue weighted by Gasteiger charge is -2.50. The second-order valence-electron chi connectivity index (χ2n) is 31.7. The molecule has 0 aliphatic carbocycles. The molecule has 0 aromatic carbocycles. The molecule has 0 aromatic heterocycles. The third-order valence-electron chi connectivity index (χ3n) is 19.1. The van der Waals surface area contributed by atoms with Crippen LogP contribution < -0.4 is 0 Å². The van der Waals surface area contributed by atoms with Gasteiger partial charge in [0.2, 0.25) is 5.60 Å². The Morgan fingerprint density at radius 3 is 1.00 bits per heavy atom. The molecule has 40 heteroatoms.